The zero-order chi connectivity index (χ0) is 11.6. The van der Waals surface area contributed by atoms with Crippen molar-refractivity contribution in [2.75, 3.05) is 13.1 Å². The van der Waals surface area contributed by atoms with Crippen molar-refractivity contribution in [3.05, 3.63) is 0 Å². The largest absolute Gasteiger partial charge is 0.356 e. The van der Waals surface area contributed by atoms with Gasteiger partial charge in [0.1, 0.15) is 0 Å². The summed E-state index contributed by atoms with van der Waals surface area (Å²) in [5.74, 6) is 0.449. The first-order valence-electron chi connectivity index (χ1n) is 6.32. The molecule has 18 heavy (non-hydrogen) atoms. The van der Waals surface area contributed by atoms with E-state index in [1.165, 1.54) is 12.8 Å². The van der Waals surface area contributed by atoms with Crippen molar-refractivity contribution >= 4 is 11.8 Å². The van der Waals surface area contributed by atoms with Crippen LogP contribution < -0.4 is 10.6 Å². The maximum atomic E-state index is 10.6. The minimum Gasteiger partial charge on any atom is -0.356 e. The van der Waals surface area contributed by atoms with Crippen molar-refractivity contribution in [1.82, 2.24) is 10.6 Å². The van der Waals surface area contributed by atoms with E-state index in [1.54, 1.807) is 0 Å². The molecule has 2 amide bonds. The molecule has 6 heteroatoms. The van der Waals surface area contributed by atoms with Crippen molar-refractivity contribution in [3.8, 4) is 0 Å². The van der Waals surface area contributed by atoms with Crippen molar-refractivity contribution in [2.24, 2.45) is 0 Å². The molecule has 2 aliphatic rings. The van der Waals surface area contributed by atoms with Crippen LogP contribution >= 0.6 is 0 Å². The van der Waals surface area contributed by atoms with Gasteiger partial charge in [-0.1, -0.05) is 12.8 Å². The summed E-state index contributed by atoms with van der Waals surface area (Å²) in [5.41, 5.74) is 0. The second kappa shape index (κ2) is 13.6. The summed E-state index contributed by atoms with van der Waals surface area (Å²) in [7, 11) is 0. The van der Waals surface area contributed by atoms with Crippen LogP contribution in [0.15, 0.2) is 0 Å². The zero-order valence-electron chi connectivity index (χ0n) is 10.6. The van der Waals surface area contributed by atoms with Gasteiger partial charge < -0.3 is 10.6 Å². The maximum absolute atomic E-state index is 10.6. The van der Waals surface area contributed by atoms with Crippen molar-refractivity contribution in [3.63, 3.8) is 0 Å². The van der Waals surface area contributed by atoms with E-state index in [9.17, 15) is 9.59 Å². The maximum Gasteiger partial charge on any atom is 0.219 e. The number of nitrogens with one attached hydrogen (secondary N) is 2. The average Bonchev–Trinajstić information content (AvgIpc) is 2.64. The van der Waals surface area contributed by atoms with Crippen LogP contribution in [0.1, 0.15) is 51.4 Å². The Morgan fingerprint density at radius 2 is 1.00 bits per heavy atom. The molecule has 2 aliphatic heterocycles. The van der Waals surface area contributed by atoms with Crippen LogP contribution in [0.25, 0.3) is 0 Å². The van der Waals surface area contributed by atoms with Crippen LogP contribution in [0, 0.1) is 0 Å². The Morgan fingerprint density at radius 3 is 1.39 bits per heavy atom. The molecule has 0 atom stereocenters. The molecular formula is C12H22N2O2Rh2. The third-order valence-electron chi connectivity index (χ3n) is 2.81. The van der Waals surface area contributed by atoms with Gasteiger partial charge in [0.05, 0.1) is 0 Å². The zero-order valence-corrected chi connectivity index (χ0v) is 13.8. The normalized spacial score (nSPS) is 19.3. The molecule has 0 bridgehead atoms. The SMILES string of the molecule is O=C1CCCCCN1.O=C1CCCCCN1.[Rh].[Rh]. The number of hydrogen-bond acceptors (Lipinski definition) is 2. The molecule has 0 aromatic heterocycles. The molecule has 2 saturated heterocycles. The van der Waals surface area contributed by atoms with E-state index in [-0.39, 0.29) is 50.8 Å². The molecule has 2 radical (unpaired) electrons. The van der Waals surface area contributed by atoms with Gasteiger partial charge in [0.15, 0.2) is 0 Å². The number of amides is 2. The fourth-order valence-corrected chi connectivity index (χ4v) is 1.81. The monoisotopic (exact) mass is 432 g/mol. The summed E-state index contributed by atoms with van der Waals surface area (Å²) in [5, 5.41) is 5.61. The summed E-state index contributed by atoms with van der Waals surface area (Å²) < 4.78 is 0. The average molecular weight is 432 g/mol. The minimum absolute atomic E-state index is 0. The third kappa shape index (κ3) is 11.3. The Hall–Kier alpha value is 0.187. The number of carbonyl (C=O) groups is 2. The standard InChI is InChI=1S/2C6H11NO.2Rh/c2*8-6-4-2-1-3-5-7-6;;/h2*1-5H2,(H,7,8);;. The topological polar surface area (TPSA) is 58.2 Å². The van der Waals surface area contributed by atoms with Crippen molar-refractivity contribution in [2.45, 2.75) is 51.4 Å². The van der Waals surface area contributed by atoms with Crippen LogP contribution in [0.3, 0.4) is 0 Å². The van der Waals surface area contributed by atoms with E-state index in [2.05, 4.69) is 10.6 Å². The van der Waals surface area contributed by atoms with E-state index in [4.69, 9.17) is 0 Å². The van der Waals surface area contributed by atoms with Crippen LogP contribution in [-0.4, -0.2) is 24.9 Å². The second-order valence-corrected chi connectivity index (χ2v) is 4.32. The van der Waals surface area contributed by atoms with Gasteiger partial charge in [-0.15, -0.1) is 0 Å². The van der Waals surface area contributed by atoms with Gasteiger partial charge in [-0.3, -0.25) is 9.59 Å². The van der Waals surface area contributed by atoms with Gasteiger partial charge in [0.25, 0.3) is 0 Å². The fraction of sp³-hybridized carbons (Fsp3) is 0.833. The van der Waals surface area contributed by atoms with Crippen molar-refractivity contribution < 1.29 is 48.5 Å². The minimum atomic E-state index is 0. The first-order chi connectivity index (χ1) is 7.79. The van der Waals surface area contributed by atoms with E-state index < -0.39 is 0 Å². The molecule has 2 rings (SSSR count). The van der Waals surface area contributed by atoms with E-state index in [0.29, 0.717) is 0 Å². The van der Waals surface area contributed by atoms with Gasteiger partial charge in [0.2, 0.25) is 11.8 Å². The molecule has 2 N–H and O–H groups in total. The Morgan fingerprint density at radius 1 is 0.611 bits per heavy atom. The van der Waals surface area contributed by atoms with Crippen molar-refractivity contribution in [1.29, 1.82) is 0 Å². The van der Waals surface area contributed by atoms with Gasteiger partial charge in [-0.2, -0.15) is 0 Å². The first-order valence-corrected chi connectivity index (χ1v) is 6.32. The van der Waals surface area contributed by atoms with Gasteiger partial charge in [0, 0.05) is 64.9 Å². The van der Waals surface area contributed by atoms with E-state index in [0.717, 1.165) is 51.6 Å². The third-order valence-corrected chi connectivity index (χ3v) is 2.81. The quantitative estimate of drug-likeness (QED) is 0.569. The van der Waals surface area contributed by atoms with E-state index >= 15 is 0 Å². The second-order valence-electron chi connectivity index (χ2n) is 4.32. The molecular weight excluding hydrogens is 410 g/mol. The summed E-state index contributed by atoms with van der Waals surface area (Å²) in [6.07, 6.45) is 8.35. The summed E-state index contributed by atoms with van der Waals surface area (Å²) in [6.45, 7) is 1.78. The fourth-order valence-electron chi connectivity index (χ4n) is 1.81. The Bertz CT molecular complexity index is 194. The van der Waals surface area contributed by atoms with Gasteiger partial charge in [-0.05, 0) is 25.7 Å². The predicted molar refractivity (Wildman–Crippen MR) is 63.0 cm³/mol. The van der Waals surface area contributed by atoms with Gasteiger partial charge in [-0.25, -0.2) is 0 Å². The molecule has 110 valence electrons. The Labute approximate surface area is 135 Å². The number of hydrogen-bond donors (Lipinski definition) is 2. The Balaban J connectivity index is 0. The molecule has 0 saturated carbocycles. The molecule has 0 unspecified atom stereocenters. The molecule has 2 fully saturated rings. The smallest absolute Gasteiger partial charge is 0.219 e. The predicted octanol–water partition coefficient (Wildman–Crippen LogP) is 1.35. The summed E-state index contributed by atoms with van der Waals surface area (Å²) in [4.78, 5) is 21.1. The number of rotatable bonds is 0. The van der Waals surface area contributed by atoms with Crippen LogP contribution in [0.5, 0.6) is 0 Å². The summed E-state index contributed by atoms with van der Waals surface area (Å²) >= 11 is 0. The molecule has 0 spiro atoms. The van der Waals surface area contributed by atoms with Crippen LogP contribution in [-0.2, 0) is 48.5 Å². The first kappa shape index (κ1) is 20.5. The van der Waals surface area contributed by atoms with Gasteiger partial charge >= 0.3 is 0 Å². The van der Waals surface area contributed by atoms with E-state index in [1.807, 2.05) is 0 Å². The molecule has 2 heterocycles. The molecule has 4 nitrogen and oxygen atoms in total. The molecule has 0 aromatic carbocycles. The van der Waals surface area contributed by atoms with Crippen LogP contribution in [0.2, 0.25) is 0 Å². The Kier molecular flexibility index (Phi) is 15.5. The molecule has 0 aliphatic carbocycles. The molecule has 0 aromatic rings. The van der Waals surface area contributed by atoms with Crippen LogP contribution in [0.4, 0.5) is 0 Å². The summed E-state index contributed by atoms with van der Waals surface area (Å²) in [6, 6.07) is 0. The number of carbonyl (C=O) groups excluding carboxylic acids is 2.